The van der Waals surface area contributed by atoms with Crippen LogP contribution in [0.15, 0.2) is 18.2 Å². The van der Waals surface area contributed by atoms with Crippen LogP contribution < -0.4 is 0 Å². The largest absolute Gasteiger partial charge is 0.507 e. The van der Waals surface area contributed by atoms with E-state index < -0.39 is 5.97 Å². The SMILES string of the molecule is COC(=O)c1cc(C#CCCl)ccc1O. The molecule has 1 aromatic carbocycles. The van der Waals surface area contributed by atoms with Gasteiger partial charge in [0.1, 0.15) is 11.3 Å². The highest BCUT2D eigenvalue weighted by atomic mass is 35.5. The van der Waals surface area contributed by atoms with Crippen molar-refractivity contribution in [2.75, 3.05) is 13.0 Å². The van der Waals surface area contributed by atoms with Crippen molar-refractivity contribution in [3.8, 4) is 17.6 Å². The van der Waals surface area contributed by atoms with Crippen LogP contribution >= 0.6 is 11.6 Å². The van der Waals surface area contributed by atoms with Crippen molar-refractivity contribution in [2.45, 2.75) is 0 Å². The lowest BCUT2D eigenvalue weighted by atomic mass is 10.1. The zero-order valence-corrected chi connectivity index (χ0v) is 8.84. The number of benzene rings is 1. The summed E-state index contributed by atoms with van der Waals surface area (Å²) in [7, 11) is 1.25. The Morgan fingerprint density at radius 1 is 1.60 bits per heavy atom. The van der Waals surface area contributed by atoms with Gasteiger partial charge < -0.3 is 9.84 Å². The topological polar surface area (TPSA) is 46.5 Å². The van der Waals surface area contributed by atoms with Crippen LogP contribution in [0.25, 0.3) is 0 Å². The lowest BCUT2D eigenvalue weighted by molar-refractivity contribution is 0.0597. The first-order chi connectivity index (χ1) is 7.19. The van der Waals surface area contributed by atoms with Crippen LogP contribution in [0.4, 0.5) is 0 Å². The number of ether oxygens (including phenoxy) is 1. The number of halogens is 1. The molecule has 0 amide bonds. The predicted octanol–water partition coefficient (Wildman–Crippen LogP) is 1.77. The number of hydrogen-bond donors (Lipinski definition) is 1. The minimum atomic E-state index is -0.595. The van der Waals surface area contributed by atoms with Crippen molar-refractivity contribution >= 4 is 17.6 Å². The van der Waals surface area contributed by atoms with Crippen LogP contribution in [0, 0.1) is 11.8 Å². The van der Waals surface area contributed by atoms with E-state index in [9.17, 15) is 9.90 Å². The summed E-state index contributed by atoms with van der Waals surface area (Å²) in [6, 6.07) is 4.45. The van der Waals surface area contributed by atoms with Crippen LogP contribution in [0.5, 0.6) is 5.75 Å². The minimum absolute atomic E-state index is 0.0962. The molecule has 0 saturated heterocycles. The van der Waals surface area contributed by atoms with Gasteiger partial charge in [0, 0.05) is 5.56 Å². The fourth-order valence-electron chi connectivity index (χ4n) is 1.02. The van der Waals surface area contributed by atoms with Gasteiger partial charge in [0.25, 0.3) is 0 Å². The van der Waals surface area contributed by atoms with Gasteiger partial charge in [0.15, 0.2) is 0 Å². The minimum Gasteiger partial charge on any atom is -0.507 e. The molecular weight excluding hydrogens is 216 g/mol. The second kappa shape index (κ2) is 5.28. The average Bonchev–Trinajstić information content (AvgIpc) is 2.27. The standard InChI is InChI=1S/C11H9ClO3/c1-15-11(14)9-7-8(3-2-6-12)4-5-10(9)13/h4-5,7,13H,6H2,1H3. The van der Waals surface area contributed by atoms with E-state index in [4.69, 9.17) is 11.6 Å². The Hall–Kier alpha value is -1.66. The molecule has 0 saturated carbocycles. The van der Waals surface area contributed by atoms with E-state index in [1.54, 1.807) is 6.07 Å². The van der Waals surface area contributed by atoms with Gasteiger partial charge in [0.2, 0.25) is 0 Å². The first-order valence-electron chi connectivity index (χ1n) is 4.15. The Labute approximate surface area is 92.6 Å². The number of aromatic hydroxyl groups is 1. The van der Waals surface area contributed by atoms with Crippen molar-refractivity contribution in [1.29, 1.82) is 0 Å². The molecule has 0 aliphatic rings. The summed E-state index contributed by atoms with van der Waals surface area (Å²) in [5.74, 6) is 4.88. The Kier molecular flexibility index (Phi) is 4.02. The zero-order valence-electron chi connectivity index (χ0n) is 8.08. The Morgan fingerprint density at radius 2 is 2.33 bits per heavy atom. The molecule has 4 heteroatoms. The summed E-state index contributed by atoms with van der Waals surface area (Å²) in [4.78, 5) is 11.2. The summed E-state index contributed by atoms with van der Waals surface area (Å²) in [5.41, 5.74) is 0.702. The van der Waals surface area contributed by atoms with Crippen molar-refractivity contribution in [3.05, 3.63) is 29.3 Å². The predicted molar refractivity (Wildman–Crippen MR) is 57.0 cm³/mol. The zero-order chi connectivity index (χ0) is 11.3. The first-order valence-corrected chi connectivity index (χ1v) is 4.68. The summed E-state index contributed by atoms with van der Waals surface area (Å²) in [6.07, 6.45) is 0. The van der Waals surface area contributed by atoms with Gasteiger partial charge in [-0.25, -0.2) is 4.79 Å². The van der Waals surface area contributed by atoms with E-state index in [2.05, 4.69) is 16.6 Å². The molecule has 0 bridgehead atoms. The highest BCUT2D eigenvalue weighted by Crippen LogP contribution is 2.18. The van der Waals surface area contributed by atoms with E-state index in [0.29, 0.717) is 5.56 Å². The van der Waals surface area contributed by atoms with E-state index >= 15 is 0 Å². The average molecular weight is 225 g/mol. The summed E-state index contributed by atoms with van der Waals surface area (Å²) in [5, 5.41) is 9.39. The van der Waals surface area contributed by atoms with Gasteiger partial charge in [-0.3, -0.25) is 0 Å². The maximum Gasteiger partial charge on any atom is 0.341 e. The number of methoxy groups -OCH3 is 1. The van der Waals surface area contributed by atoms with Crippen LogP contribution in [0.1, 0.15) is 15.9 Å². The molecule has 3 nitrogen and oxygen atoms in total. The van der Waals surface area contributed by atoms with E-state index in [-0.39, 0.29) is 17.2 Å². The molecule has 0 heterocycles. The maximum atomic E-state index is 11.2. The van der Waals surface area contributed by atoms with Crippen LogP contribution in [-0.4, -0.2) is 24.1 Å². The van der Waals surface area contributed by atoms with Gasteiger partial charge in [-0.05, 0) is 18.2 Å². The summed E-state index contributed by atoms with van der Waals surface area (Å²) in [6.45, 7) is 0. The fourth-order valence-corrected chi connectivity index (χ4v) is 1.09. The molecule has 1 N–H and O–H groups in total. The molecule has 15 heavy (non-hydrogen) atoms. The lowest BCUT2D eigenvalue weighted by Crippen LogP contribution is -2.01. The van der Waals surface area contributed by atoms with Gasteiger partial charge >= 0.3 is 5.97 Å². The van der Waals surface area contributed by atoms with E-state index in [0.717, 1.165) is 0 Å². The van der Waals surface area contributed by atoms with Gasteiger partial charge in [-0.1, -0.05) is 11.8 Å². The normalized spacial score (nSPS) is 8.93. The molecular formula is C11H9ClO3. The quantitative estimate of drug-likeness (QED) is 0.449. The highest BCUT2D eigenvalue weighted by Gasteiger charge is 2.11. The van der Waals surface area contributed by atoms with E-state index in [1.165, 1.54) is 19.2 Å². The summed E-state index contributed by atoms with van der Waals surface area (Å²) >= 11 is 5.40. The first kappa shape index (κ1) is 11.4. The van der Waals surface area contributed by atoms with Gasteiger partial charge in [-0.15, -0.1) is 11.6 Å². The fraction of sp³-hybridized carbons (Fsp3) is 0.182. The number of carbonyl (C=O) groups excluding carboxylic acids is 1. The van der Waals surface area contributed by atoms with Crippen molar-refractivity contribution in [3.63, 3.8) is 0 Å². The molecule has 0 fully saturated rings. The maximum absolute atomic E-state index is 11.2. The summed E-state index contributed by atoms with van der Waals surface area (Å²) < 4.78 is 4.50. The molecule has 78 valence electrons. The van der Waals surface area contributed by atoms with Crippen molar-refractivity contribution in [1.82, 2.24) is 0 Å². The third-order valence-corrected chi connectivity index (χ3v) is 1.84. The number of phenolic OH excluding ortho intramolecular Hbond substituents is 1. The molecule has 0 spiro atoms. The number of rotatable bonds is 1. The van der Waals surface area contributed by atoms with Crippen LogP contribution in [0.2, 0.25) is 0 Å². The van der Waals surface area contributed by atoms with Crippen molar-refractivity contribution in [2.24, 2.45) is 0 Å². The third kappa shape index (κ3) is 2.90. The van der Waals surface area contributed by atoms with Crippen LogP contribution in [-0.2, 0) is 4.74 Å². The van der Waals surface area contributed by atoms with Gasteiger partial charge in [0.05, 0.1) is 13.0 Å². The second-order valence-corrected chi connectivity index (χ2v) is 2.93. The Balaban J connectivity index is 3.10. The second-order valence-electron chi connectivity index (χ2n) is 2.66. The number of phenols is 1. The van der Waals surface area contributed by atoms with Crippen molar-refractivity contribution < 1.29 is 14.6 Å². The van der Waals surface area contributed by atoms with Gasteiger partial charge in [-0.2, -0.15) is 0 Å². The lowest BCUT2D eigenvalue weighted by Gasteiger charge is -2.02. The Morgan fingerprint density at radius 3 is 2.93 bits per heavy atom. The third-order valence-electron chi connectivity index (χ3n) is 1.70. The molecule has 0 aliphatic heterocycles. The molecule has 0 aromatic heterocycles. The number of alkyl halides is 1. The van der Waals surface area contributed by atoms with E-state index in [1.807, 2.05) is 0 Å². The van der Waals surface area contributed by atoms with Crippen LogP contribution in [0.3, 0.4) is 0 Å². The molecule has 1 aromatic rings. The smallest absolute Gasteiger partial charge is 0.341 e. The Bertz CT molecular complexity index is 429. The number of carbonyl (C=O) groups is 1. The molecule has 0 aliphatic carbocycles. The molecule has 0 radical (unpaired) electrons. The monoisotopic (exact) mass is 224 g/mol. The highest BCUT2D eigenvalue weighted by molar-refractivity contribution is 6.19. The number of esters is 1. The number of hydrogen-bond acceptors (Lipinski definition) is 3. The molecule has 0 unspecified atom stereocenters. The molecule has 1 rings (SSSR count). The molecule has 0 atom stereocenters.